The predicted octanol–water partition coefficient (Wildman–Crippen LogP) is 5.40. The quantitative estimate of drug-likeness (QED) is 0.620. The average Bonchev–Trinajstić information content (AvgIpc) is 2.36. The maximum Gasteiger partial charge on any atom is 0.194 e. The summed E-state index contributed by atoms with van der Waals surface area (Å²) in [5.41, 5.74) is 2.03. The van der Waals surface area contributed by atoms with Gasteiger partial charge in [0.1, 0.15) is 0 Å². The zero-order valence-corrected chi connectivity index (χ0v) is 18.9. The third kappa shape index (κ3) is 4.79. The monoisotopic (exact) mass is 363 g/mol. The van der Waals surface area contributed by atoms with Crippen LogP contribution in [0.25, 0.3) is 0 Å². The van der Waals surface area contributed by atoms with Crippen LogP contribution in [0.4, 0.5) is 0 Å². The highest BCUT2D eigenvalue weighted by molar-refractivity contribution is 7.84. The summed E-state index contributed by atoms with van der Waals surface area (Å²) in [6.07, 6.45) is 1.17. The van der Waals surface area contributed by atoms with Gasteiger partial charge in [-0.2, -0.15) is 0 Å². The van der Waals surface area contributed by atoms with E-state index in [1.165, 1.54) is 6.42 Å². The second kappa shape index (κ2) is 7.83. The largest absolute Gasteiger partial charge is 0.259 e. The van der Waals surface area contributed by atoms with Gasteiger partial charge in [-0.25, -0.2) is 4.67 Å². The molecule has 0 saturated heterocycles. The Labute approximate surface area is 146 Å². The van der Waals surface area contributed by atoms with Crippen LogP contribution in [0.15, 0.2) is 4.74 Å². The lowest BCUT2D eigenvalue weighted by atomic mass is 10.1. The average molecular weight is 363 g/mol. The van der Waals surface area contributed by atoms with Crippen molar-refractivity contribution in [2.45, 2.75) is 91.3 Å². The molecular formula is C17H41N4P2+. The van der Waals surface area contributed by atoms with E-state index in [2.05, 4.69) is 84.0 Å². The molecule has 0 aromatic carbocycles. The lowest BCUT2D eigenvalue weighted by molar-refractivity contribution is 0.453. The molecule has 1 heterocycles. The van der Waals surface area contributed by atoms with E-state index in [4.69, 9.17) is 4.74 Å². The summed E-state index contributed by atoms with van der Waals surface area (Å²) >= 11 is 0. The fourth-order valence-electron chi connectivity index (χ4n) is 3.87. The fraction of sp³-hybridized carbons (Fsp3) is 1.00. The van der Waals surface area contributed by atoms with E-state index in [0.29, 0.717) is 17.0 Å². The minimum atomic E-state index is -1.88. The number of hydrogen-bond acceptors (Lipinski definition) is 4. The molecule has 0 aromatic heterocycles. The Morgan fingerprint density at radius 3 is 1.83 bits per heavy atom. The summed E-state index contributed by atoms with van der Waals surface area (Å²) < 4.78 is 7.69. The molecule has 1 aliphatic heterocycles. The number of rotatable bonds is 6. The summed E-state index contributed by atoms with van der Waals surface area (Å²) in [5, 5.41) is 3.93. The molecule has 0 radical (unpaired) electrons. The third-order valence-corrected chi connectivity index (χ3v) is 15.2. The zero-order valence-electron chi connectivity index (χ0n) is 17.1. The number of nitrogens with one attached hydrogen (secondary N) is 2. The molecule has 23 heavy (non-hydrogen) atoms. The van der Waals surface area contributed by atoms with E-state index in [9.17, 15) is 0 Å². The molecule has 1 aliphatic rings. The molecule has 1 atom stereocenters. The van der Waals surface area contributed by atoms with Gasteiger partial charge >= 0.3 is 0 Å². The summed E-state index contributed by atoms with van der Waals surface area (Å²) in [7, 11) is -0.998. The van der Waals surface area contributed by atoms with Gasteiger partial charge in [0.25, 0.3) is 0 Å². The van der Waals surface area contributed by atoms with Crippen LogP contribution in [0.1, 0.15) is 68.7 Å². The summed E-state index contributed by atoms with van der Waals surface area (Å²) in [6.45, 7) is 23.3. The Morgan fingerprint density at radius 2 is 1.48 bits per heavy atom. The smallest absolute Gasteiger partial charge is 0.194 e. The first kappa shape index (κ1) is 21.6. The molecule has 0 amide bonds. The van der Waals surface area contributed by atoms with Gasteiger partial charge in [-0.05, 0) is 75.8 Å². The summed E-state index contributed by atoms with van der Waals surface area (Å²) in [5.74, 6) is 0. The molecule has 0 aliphatic carbocycles. The molecule has 138 valence electrons. The molecule has 6 heteroatoms. The van der Waals surface area contributed by atoms with Crippen molar-refractivity contribution in [1.29, 1.82) is 0 Å². The molecule has 0 spiro atoms. The van der Waals surface area contributed by atoms with Gasteiger partial charge in [0, 0.05) is 18.6 Å². The van der Waals surface area contributed by atoms with E-state index in [-0.39, 0.29) is 5.54 Å². The van der Waals surface area contributed by atoms with E-state index in [0.717, 1.165) is 13.1 Å². The normalized spacial score (nSPS) is 24.6. The summed E-state index contributed by atoms with van der Waals surface area (Å²) in [4.78, 5) is 4.26. The highest BCUT2D eigenvalue weighted by Gasteiger charge is 2.53. The number of nitrogens with zero attached hydrogens (tertiary/aromatic N) is 2. The first-order chi connectivity index (χ1) is 10.4. The van der Waals surface area contributed by atoms with E-state index in [1.54, 1.807) is 0 Å². The van der Waals surface area contributed by atoms with Crippen LogP contribution >= 0.6 is 14.9 Å². The molecule has 4 nitrogen and oxygen atoms in total. The van der Waals surface area contributed by atoms with E-state index >= 15 is 0 Å². The maximum atomic E-state index is 5.20. The topological polar surface area (TPSA) is 39.7 Å². The Kier molecular flexibility index (Phi) is 7.35. The van der Waals surface area contributed by atoms with Crippen molar-refractivity contribution in [3.8, 4) is 0 Å². The van der Waals surface area contributed by atoms with Gasteiger partial charge in [0.05, 0.1) is 24.4 Å². The third-order valence-electron chi connectivity index (χ3n) is 4.81. The predicted molar refractivity (Wildman–Crippen MR) is 110 cm³/mol. The van der Waals surface area contributed by atoms with Crippen LogP contribution in [-0.2, 0) is 0 Å². The second-order valence-electron chi connectivity index (χ2n) is 8.78. The highest BCUT2D eigenvalue weighted by atomic mass is 31.2. The molecule has 1 rings (SSSR count). The first-order valence-electron chi connectivity index (χ1n) is 9.14. The highest BCUT2D eigenvalue weighted by Crippen LogP contribution is 2.73. The standard InChI is InChI=1S/C17H41N4P2/c1-14(2)22(15(3)4,16(5)6)20-23(19-17(7,8)9)18-12-11-13-21(23)10/h14-16,19-20H,11-13H2,1-10H3/q+1. The molecule has 0 aromatic rings. The first-order valence-corrected chi connectivity index (χ1v) is 12.8. The Bertz CT molecular complexity index is 417. The Hall–Kier alpha value is 0.540. The fourth-order valence-corrected chi connectivity index (χ4v) is 15.5. The van der Waals surface area contributed by atoms with Crippen molar-refractivity contribution in [3.05, 3.63) is 0 Å². The second-order valence-corrected chi connectivity index (χ2v) is 16.7. The van der Waals surface area contributed by atoms with Gasteiger partial charge in [0.2, 0.25) is 0 Å². The Balaban J connectivity index is 3.40. The SMILES string of the molecule is CC(C)[P+](NP1(NC(C)(C)C)=NCCCN1C)(C(C)C)C(C)C. The van der Waals surface area contributed by atoms with Crippen LogP contribution in [0.5, 0.6) is 0 Å². The van der Waals surface area contributed by atoms with Gasteiger partial charge in [0.15, 0.2) is 7.51 Å². The lowest BCUT2D eigenvalue weighted by Gasteiger charge is -2.47. The van der Waals surface area contributed by atoms with Crippen LogP contribution in [-0.4, -0.2) is 47.3 Å². The molecule has 2 N–H and O–H groups in total. The minimum absolute atomic E-state index is 0.0521. The molecule has 1 unspecified atom stereocenters. The van der Waals surface area contributed by atoms with Crippen LogP contribution in [0.2, 0.25) is 0 Å². The van der Waals surface area contributed by atoms with E-state index < -0.39 is 14.9 Å². The van der Waals surface area contributed by atoms with Crippen molar-refractivity contribution in [2.75, 3.05) is 20.1 Å². The molecular weight excluding hydrogens is 322 g/mol. The lowest BCUT2D eigenvalue weighted by Crippen LogP contribution is -2.47. The minimum Gasteiger partial charge on any atom is -0.259 e. The molecule has 0 bridgehead atoms. The van der Waals surface area contributed by atoms with Crippen molar-refractivity contribution in [1.82, 2.24) is 14.6 Å². The zero-order chi connectivity index (χ0) is 18.1. The van der Waals surface area contributed by atoms with Crippen LogP contribution in [0, 0.1) is 0 Å². The van der Waals surface area contributed by atoms with Gasteiger partial charge in [-0.1, -0.05) is 0 Å². The van der Waals surface area contributed by atoms with Crippen molar-refractivity contribution in [3.63, 3.8) is 0 Å². The van der Waals surface area contributed by atoms with Crippen molar-refractivity contribution < 1.29 is 0 Å². The van der Waals surface area contributed by atoms with Gasteiger partial charge < -0.3 is 0 Å². The van der Waals surface area contributed by atoms with Gasteiger partial charge in [-0.15, -0.1) is 4.86 Å². The maximum absolute atomic E-state index is 5.20. The van der Waals surface area contributed by atoms with Gasteiger partial charge in [-0.3, -0.25) is 9.83 Å². The van der Waals surface area contributed by atoms with Crippen LogP contribution in [0.3, 0.4) is 0 Å². The molecule has 0 fully saturated rings. The van der Waals surface area contributed by atoms with Crippen molar-refractivity contribution >= 4 is 14.9 Å². The summed E-state index contributed by atoms with van der Waals surface area (Å²) in [6, 6.07) is 0. The number of hydrogen-bond donors (Lipinski definition) is 2. The van der Waals surface area contributed by atoms with Crippen molar-refractivity contribution in [2.24, 2.45) is 4.74 Å². The van der Waals surface area contributed by atoms with Crippen LogP contribution < -0.4 is 9.95 Å². The Morgan fingerprint density at radius 1 is 1.00 bits per heavy atom. The molecule has 0 saturated carbocycles. The van der Waals surface area contributed by atoms with E-state index in [1.807, 2.05) is 0 Å².